The zero-order valence-corrected chi connectivity index (χ0v) is 12.1. The van der Waals surface area contributed by atoms with Crippen LogP contribution < -0.4 is 10.5 Å². The molecule has 2 atom stereocenters. The number of Topliss-reactive ketones (excluding diaryl/α,β-unsaturated/α-hetero) is 1. The maximum atomic E-state index is 12.8. The number of aliphatic hydroxyl groups is 1. The van der Waals surface area contributed by atoms with E-state index in [-0.39, 0.29) is 16.9 Å². The first-order chi connectivity index (χ1) is 10.8. The molecule has 0 fully saturated rings. The lowest BCUT2D eigenvalue weighted by molar-refractivity contribution is -0.388. The van der Waals surface area contributed by atoms with Crippen molar-refractivity contribution in [3.63, 3.8) is 0 Å². The van der Waals surface area contributed by atoms with Gasteiger partial charge in [-0.2, -0.15) is 0 Å². The molecule has 2 aromatic rings. The number of fused-ring (bicyclic) bond motifs is 5. The molecule has 1 aliphatic heterocycles. The Balaban J connectivity index is 2.07. The second kappa shape index (κ2) is 3.95. The lowest BCUT2D eigenvalue weighted by atomic mass is 9.84. The van der Waals surface area contributed by atoms with Crippen LogP contribution in [0.2, 0.25) is 0 Å². The van der Waals surface area contributed by atoms with E-state index in [0.29, 0.717) is 5.56 Å². The summed E-state index contributed by atoms with van der Waals surface area (Å²) < 4.78 is 5.60. The molecule has 0 saturated carbocycles. The number of carbonyl (C=O) groups excluding carboxylic acids is 1. The van der Waals surface area contributed by atoms with E-state index in [1.165, 1.54) is 18.2 Å². The fraction of sp³-hybridized carbons (Fsp3) is 0.188. The average molecular weight is 312 g/mol. The molecule has 1 aliphatic carbocycles. The Bertz CT molecular complexity index is 909. The van der Waals surface area contributed by atoms with E-state index in [2.05, 4.69) is 0 Å². The largest absolute Gasteiger partial charge is 0.455 e. The Hall–Kier alpha value is -2.77. The van der Waals surface area contributed by atoms with Gasteiger partial charge in [0.25, 0.3) is 11.5 Å². The van der Waals surface area contributed by atoms with E-state index in [4.69, 9.17) is 10.5 Å². The summed E-state index contributed by atoms with van der Waals surface area (Å²) in [5.74, 6) is -2.63. The molecule has 0 radical (unpaired) electrons. The van der Waals surface area contributed by atoms with Crippen molar-refractivity contribution in [2.24, 2.45) is 5.73 Å². The average Bonchev–Trinajstić information content (AvgIpc) is 2.83. The third kappa shape index (κ3) is 1.38. The van der Waals surface area contributed by atoms with Gasteiger partial charge in [-0.15, -0.1) is 0 Å². The molecule has 3 N–H and O–H groups in total. The number of nitro benzene ring substituents is 1. The maximum Gasteiger partial charge on any atom is 0.280 e. The van der Waals surface area contributed by atoms with E-state index in [9.17, 15) is 20.0 Å². The van der Waals surface area contributed by atoms with Crippen LogP contribution in [-0.2, 0) is 11.3 Å². The minimum absolute atomic E-state index is 0.00965. The van der Waals surface area contributed by atoms with E-state index in [1.807, 2.05) is 6.92 Å². The number of benzene rings is 2. The molecule has 0 spiro atoms. The molecule has 0 bridgehead atoms. The van der Waals surface area contributed by atoms with Crippen molar-refractivity contribution in [3.05, 3.63) is 68.8 Å². The van der Waals surface area contributed by atoms with Gasteiger partial charge in [0.2, 0.25) is 0 Å². The van der Waals surface area contributed by atoms with Gasteiger partial charge >= 0.3 is 0 Å². The number of aryl methyl sites for hydroxylation is 1. The fourth-order valence-electron chi connectivity index (χ4n) is 3.44. The molecule has 2 unspecified atom stereocenters. The molecule has 2 aliphatic rings. The van der Waals surface area contributed by atoms with Crippen LogP contribution in [0.5, 0.6) is 5.75 Å². The van der Waals surface area contributed by atoms with Gasteiger partial charge in [0.15, 0.2) is 11.3 Å². The molecule has 116 valence electrons. The number of ether oxygens (including phenoxy) is 1. The first-order valence-electron chi connectivity index (χ1n) is 6.95. The van der Waals surface area contributed by atoms with Crippen molar-refractivity contribution < 1.29 is 19.6 Å². The van der Waals surface area contributed by atoms with Gasteiger partial charge in [0, 0.05) is 17.2 Å². The number of nitrogens with two attached hydrogens (primary N) is 1. The van der Waals surface area contributed by atoms with Crippen molar-refractivity contribution in [2.45, 2.75) is 18.2 Å². The lowest BCUT2D eigenvalue weighted by Crippen LogP contribution is -2.55. The van der Waals surface area contributed by atoms with E-state index < -0.39 is 27.7 Å². The Kier molecular flexibility index (Phi) is 2.38. The number of nitro groups is 1. The van der Waals surface area contributed by atoms with Crippen LogP contribution in [0.3, 0.4) is 0 Å². The number of nitrogens with zero attached hydrogens (tertiary/aromatic N) is 1. The van der Waals surface area contributed by atoms with Gasteiger partial charge in [0.05, 0.1) is 4.92 Å². The van der Waals surface area contributed by atoms with Gasteiger partial charge in [0.1, 0.15) is 11.3 Å². The Labute approximate surface area is 130 Å². The second-order valence-corrected chi connectivity index (χ2v) is 5.84. The van der Waals surface area contributed by atoms with Crippen LogP contribution in [-0.4, -0.2) is 15.8 Å². The summed E-state index contributed by atoms with van der Waals surface area (Å²) in [4.78, 5) is 23.5. The van der Waals surface area contributed by atoms with E-state index in [1.54, 1.807) is 18.2 Å². The number of carbonyl (C=O) groups is 1. The van der Waals surface area contributed by atoms with Gasteiger partial charge in [-0.1, -0.05) is 24.3 Å². The summed E-state index contributed by atoms with van der Waals surface area (Å²) in [6.45, 7) is 1.82. The first kappa shape index (κ1) is 13.9. The van der Waals surface area contributed by atoms with Gasteiger partial charge < -0.3 is 15.6 Å². The highest BCUT2D eigenvalue weighted by Gasteiger charge is 2.71. The number of rotatable bonds is 1. The van der Waals surface area contributed by atoms with E-state index >= 15 is 0 Å². The Morgan fingerprint density at radius 1 is 1.30 bits per heavy atom. The van der Waals surface area contributed by atoms with Gasteiger partial charge in [-0.3, -0.25) is 14.9 Å². The molecule has 0 aromatic heterocycles. The van der Waals surface area contributed by atoms with Gasteiger partial charge in [-0.25, -0.2) is 0 Å². The predicted molar refractivity (Wildman–Crippen MR) is 79.0 cm³/mol. The normalized spacial score (nSPS) is 27.2. The number of hydrogen-bond acceptors (Lipinski definition) is 6. The van der Waals surface area contributed by atoms with Crippen molar-refractivity contribution in [3.8, 4) is 5.75 Å². The summed E-state index contributed by atoms with van der Waals surface area (Å²) >= 11 is 0. The molecular weight excluding hydrogens is 300 g/mol. The maximum absolute atomic E-state index is 12.8. The van der Waals surface area contributed by atoms with Crippen LogP contribution in [0.1, 0.15) is 27.0 Å². The molecule has 7 heteroatoms. The van der Waals surface area contributed by atoms with Crippen LogP contribution in [0.15, 0.2) is 36.4 Å². The molecular formula is C16H12N2O5. The van der Waals surface area contributed by atoms with Crippen molar-refractivity contribution in [1.29, 1.82) is 0 Å². The molecule has 23 heavy (non-hydrogen) atoms. The minimum atomic E-state index is -2.29. The van der Waals surface area contributed by atoms with Crippen LogP contribution in [0.25, 0.3) is 0 Å². The van der Waals surface area contributed by atoms with E-state index in [0.717, 1.165) is 5.56 Å². The zero-order chi connectivity index (χ0) is 16.6. The summed E-state index contributed by atoms with van der Waals surface area (Å²) in [5.41, 5.74) is 4.98. The summed E-state index contributed by atoms with van der Waals surface area (Å²) in [7, 11) is 0. The van der Waals surface area contributed by atoms with Crippen molar-refractivity contribution >= 4 is 11.5 Å². The highest BCUT2D eigenvalue weighted by Crippen LogP contribution is 2.58. The predicted octanol–water partition coefficient (Wildman–Crippen LogP) is 1.49. The van der Waals surface area contributed by atoms with Crippen molar-refractivity contribution in [2.75, 3.05) is 0 Å². The zero-order valence-electron chi connectivity index (χ0n) is 12.1. The summed E-state index contributed by atoms with van der Waals surface area (Å²) in [5, 5.41) is 22.4. The van der Waals surface area contributed by atoms with Gasteiger partial charge in [-0.05, 0) is 18.6 Å². The van der Waals surface area contributed by atoms with Crippen LogP contribution >= 0.6 is 0 Å². The first-order valence-corrected chi connectivity index (χ1v) is 6.95. The molecule has 7 nitrogen and oxygen atoms in total. The van der Waals surface area contributed by atoms with Crippen LogP contribution in [0.4, 0.5) is 5.69 Å². The molecule has 1 heterocycles. The Morgan fingerprint density at radius 3 is 2.74 bits per heavy atom. The third-order valence-electron chi connectivity index (χ3n) is 4.53. The number of ketones is 1. The molecule has 4 rings (SSSR count). The molecule has 0 amide bonds. The van der Waals surface area contributed by atoms with Crippen LogP contribution in [0, 0.1) is 17.0 Å². The standard InChI is InChI=1S/C16H12N2O5/c1-8-5-6-10-12(7-8)23-16(20)13-9(14(19)15(10,16)17)3-2-4-11(13)18(21)22/h2-7,20H,17H2,1H3. The highest BCUT2D eigenvalue weighted by atomic mass is 16.6. The smallest absolute Gasteiger partial charge is 0.280 e. The summed E-state index contributed by atoms with van der Waals surface area (Å²) in [6.07, 6.45) is 0. The Morgan fingerprint density at radius 2 is 2.04 bits per heavy atom. The SMILES string of the molecule is Cc1ccc2c(c1)OC1(O)c3c(cccc3[N+](=O)[O-])C(=O)C21N. The third-order valence-corrected chi connectivity index (χ3v) is 4.53. The molecule has 2 aromatic carbocycles. The summed E-state index contributed by atoms with van der Waals surface area (Å²) in [6, 6.07) is 9.01. The lowest BCUT2D eigenvalue weighted by Gasteiger charge is -2.29. The highest BCUT2D eigenvalue weighted by molar-refractivity contribution is 6.11. The quantitative estimate of drug-likeness (QED) is 0.609. The monoisotopic (exact) mass is 312 g/mol. The molecule has 0 saturated heterocycles. The topological polar surface area (TPSA) is 116 Å². The number of hydrogen-bond donors (Lipinski definition) is 2. The second-order valence-electron chi connectivity index (χ2n) is 5.84. The fourth-order valence-corrected chi connectivity index (χ4v) is 3.44. The van der Waals surface area contributed by atoms with Crippen molar-refractivity contribution in [1.82, 2.24) is 0 Å². The minimum Gasteiger partial charge on any atom is -0.455 e.